The van der Waals surface area contributed by atoms with Gasteiger partial charge in [0.1, 0.15) is 12.4 Å². The van der Waals surface area contributed by atoms with Crippen molar-refractivity contribution in [2.24, 2.45) is 0 Å². The maximum absolute atomic E-state index is 5.95. The van der Waals surface area contributed by atoms with Crippen LogP contribution < -0.4 is 10.1 Å². The van der Waals surface area contributed by atoms with Crippen LogP contribution in [0.25, 0.3) is 0 Å². The Hall–Kier alpha value is -1.10. The Labute approximate surface area is 122 Å². The van der Waals surface area contributed by atoms with Gasteiger partial charge < -0.3 is 14.8 Å². The zero-order valence-corrected chi connectivity index (χ0v) is 12.6. The first-order chi connectivity index (χ1) is 9.79. The number of benzene rings is 1. The van der Waals surface area contributed by atoms with Gasteiger partial charge in [0, 0.05) is 38.3 Å². The molecule has 0 aromatic heterocycles. The molecule has 112 valence electrons. The van der Waals surface area contributed by atoms with Gasteiger partial charge in [0.2, 0.25) is 0 Å². The van der Waals surface area contributed by atoms with E-state index < -0.39 is 0 Å². The standard InChI is InChI=1S/C16H26N2O2/c1-14-13-18(8-5-10-19-14)9-11-20-16-7-4-3-6-15(16)12-17-2/h3-4,6-7,14,17H,5,8-13H2,1-2H3. The van der Waals surface area contributed by atoms with Crippen molar-refractivity contribution in [3.05, 3.63) is 29.8 Å². The average molecular weight is 278 g/mol. The first-order valence-electron chi connectivity index (χ1n) is 7.49. The van der Waals surface area contributed by atoms with Gasteiger partial charge in [-0.25, -0.2) is 0 Å². The Balaban J connectivity index is 1.80. The quantitative estimate of drug-likeness (QED) is 0.861. The van der Waals surface area contributed by atoms with Crippen molar-refractivity contribution >= 4 is 0 Å². The molecule has 1 heterocycles. The van der Waals surface area contributed by atoms with Gasteiger partial charge in [-0.1, -0.05) is 18.2 Å². The first kappa shape index (κ1) is 15.3. The summed E-state index contributed by atoms with van der Waals surface area (Å²) in [5.74, 6) is 0.987. The molecule has 1 N–H and O–H groups in total. The second-order valence-corrected chi connectivity index (χ2v) is 5.32. The van der Waals surface area contributed by atoms with Gasteiger partial charge in [0.15, 0.2) is 0 Å². The molecule has 20 heavy (non-hydrogen) atoms. The topological polar surface area (TPSA) is 33.7 Å². The van der Waals surface area contributed by atoms with E-state index in [0.717, 1.165) is 51.6 Å². The minimum Gasteiger partial charge on any atom is -0.492 e. The van der Waals surface area contributed by atoms with E-state index in [-0.39, 0.29) is 0 Å². The molecule has 1 unspecified atom stereocenters. The predicted octanol–water partition coefficient (Wildman–Crippen LogP) is 1.90. The van der Waals surface area contributed by atoms with E-state index in [1.54, 1.807) is 0 Å². The third kappa shape index (κ3) is 4.78. The zero-order chi connectivity index (χ0) is 14.2. The van der Waals surface area contributed by atoms with E-state index in [1.165, 1.54) is 5.56 Å². The molecule has 1 atom stereocenters. The van der Waals surface area contributed by atoms with Crippen molar-refractivity contribution in [3.63, 3.8) is 0 Å². The van der Waals surface area contributed by atoms with E-state index in [9.17, 15) is 0 Å². The highest BCUT2D eigenvalue weighted by Crippen LogP contribution is 2.17. The Kier molecular flexibility index (Phi) is 6.30. The predicted molar refractivity (Wildman–Crippen MR) is 81.2 cm³/mol. The largest absolute Gasteiger partial charge is 0.492 e. The lowest BCUT2D eigenvalue weighted by Crippen LogP contribution is -2.33. The number of nitrogens with one attached hydrogen (secondary N) is 1. The van der Waals surface area contributed by atoms with Gasteiger partial charge in [-0.3, -0.25) is 4.90 Å². The van der Waals surface area contributed by atoms with E-state index >= 15 is 0 Å². The van der Waals surface area contributed by atoms with Crippen LogP contribution in [0.1, 0.15) is 18.9 Å². The molecule has 1 fully saturated rings. The minimum atomic E-state index is 0.328. The molecule has 2 rings (SSSR count). The highest BCUT2D eigenvalue weighted by atomic mass is 16.5. The van der Waals surface area contributed by atoms with Crippen LogP contribution in [0.15, 0.2) is 24.3 Å². The Morgan fingerprint density at radius 3 is 3.10 bits per heavy atom. The van der Waals surface area contributed by atoms with Crippen molar-refractivity contribution < 1.29 is 9.47 Å². The van der Waals surface area contributed by atoms with Crippen LogP contribution in [-0.2, 0) is 11.3 Å². The molecule has 4 heteroatoms. The summed E-state index contributed by atoms with van der Waals surface area (Å²) in [7, 11) is 1.95. The van der Waals surface area contributed by atoms with Crippen molar-refractivity contribution in [3.8, 4) is 5.75 Å². The summed E-state index contributed by atoms with van der Waals surface area (Å²) < 4.78 is 11.6. The smallest absolute Gasteiger partial charge is 0.123 e. The number of hydrogen-bond acceptors (Lipinski definition) is 4. The molecule has 4 nitrogen and oxygen atoms in total. The van der Waals surface area contributed by atoms with Crippen LogP contribution in [0.3, 0.4) is 0 Å². The third-order valence-corrected chi connectivity index (χ3v) is 3.54. The van der Waals surface area contributed by atoms with Crippen LogP contribution in [-0.4, -0.2) is 50.9 Å². The summed E-state index contributed by atoms with van der Waals surface area (Å²) >= 11 is 0. The van der Waals surface area contributed by atoms with Gasteiger partial charge in [0.25, 0.3) is 0 Å². The lowest BCUT2D eigenvalue weighted by atomic mass is 10.2. The summed E-state index contributed by atoms with van der Waals surface area (Å²) in [4.78, 5) is 2.43. The lowest BCUT2D eigenvalue weighted by molar-refractivity contribution is 0.0658. The number of para-hydroxylation sites is 1. The Morgan fingerprint density at radius 1 is 1.40 bits per heavy atom. The molecule has 0 aliphatic carbocycles. The van der Waals surface area contributed by atoms with Crippen molar-refractivity contribution in [1.82, 2.24) is 10.2 Å². The number of hydrogen-bond donors (Lipinski definition) is 1. The Bertz CT molecular complexity index is 398. The normalized spacial score (nSPS) is 20.6. The molecular formula is C16H26N2O2. The van der Waals surface area contributed by atoms with Crippen LogP contribution in [0.4, 0.5) is 0 Å². The number of nitrogens with zero attached hydrogens (tertiary/aromatic N) is 1. The Morgan fingerprint density at radius 2 is 2.25 bits per heavy atom. The van der Waals surface area contributed by atoms with E-state index in [2.05, 4.69) is 23.2 Å². The number of ether oxygens (including phenoxy) is 2. The minimum absolute atomic E-state index is 0.328. The van der Waals surface area contributed by atoms with Crippen molar-refractivity contribution in [2.45, 2.75) is 26.0 Å². The fourth-order valence-corrected chi connectivity index (χ4v) is 2.55. The summed E-state index contributed by atoms with van der Waals surface area (Å²) in [6, 6.07) is 8.22. The summed E-state index contributed by atoms with van der Waals surface area (Å²) in [6.07, 6.45) is 1.44. The highest BCUT2D eigenvalue weighted by Gasteiger charge is 2.14. The molecule has 1 saturated heterocycles. The summed E-state index contributed by atoms with van der Waals surface area (Å²) in [5.41, 5.74) is 1.21. The molecule has 1 aliphatic rings. The maximum Gasteiger partial charge on any atom is 0.123 e. The van der Waals surface area contributed by atoms with E-state index in [4.69, 9.17) is 9.47 Å². The summed E-state index contributed by atoms with van der Waals surface area (Å²) in [5, 5.41) is 3.17. The molecule has 1 aromatic rings. The lowest BCUT2D eigenvalue weighted by Gasteiger charge is -2.22. The third-order valence-electron chi connectivity index (χ3n) is 3.54. The van der Waals surface area contributed by atoms with Crippen molar-refractivity contribution in [2.75, 3.05) is 39.9 Å². The molecule has 0 radical (unpaired) electrons. The fourth-order valence-electron chi connectivity index (χ4n) is 2.55. The fraction of sp³-hybridized carbons (Fsp3) is 0.625. The van der Waals surface area contributed by atoms with Crippen LogP contribution in [0.5, 0.6) is 5.75 Å². The van der Waals surface area contributed by atoms with Gasteiger partial charge in [-0.15, -0.1) is 0 Å². The molecular weight excluding hydrogens is 252 g/mol. The molecule has 0 saturated carbocycles. The molecule has 0 bridgehead atoms. The van der Waals surface area contributed by atoms with Crippen molar-refractivity contribution in [1.29, 1.82) is 0 Å². The number of rotatable bonds is 6. The monoisotopic (exact) mass is 278 g/mol. The summed E-state index contributed by atoms with van der Waals surface area (Å²) in [6.45, 7) is 7.65. The second kappa shape index (κ2) is 8.25. The van der Waals surface area contributed by atoms with Crippen LogP contribution >= 0.6 is 0 Å². The second-order valence-electron chi connectivity index (χ2n) is 5.32. The van der Waals surface area contributed by atoms with Gasteiger partial charge in [0.05, 0.1) is 6.10 Å². The van der Waals surface area contributed by atoms with Gasteiger partial charge >= 0.3 is 0 Å². The SMILES string of the molecule is CNCc1ccccc1OCCN1CCCOC(C)C1. The van der Waals surface area contributed by atoms with E-state index in [0.29, 0.717) is 6.10 Å². The average Bonchev–Trinajstić information content (AvgIpc) is 2.65. The van der Waals surface area contributed by atoms with Gasteiger partial charge in [-0.2, -0.15) is 0 Å². The van der Waals surface area contributed by atoms with Gasteiger partial charge in [-0.05, 0) is 26.5 Å². The van der Waals surface area contributed by atoms with Crippen LogP contribution in [0, 0.1) is 0 Å². The van der Waals surface area contributed by atoms with Crippen LogP contribution in [0.2, 0.25) is 0 Å². The highest BCUT2D eigenvalue weighted by molar-refractivity contribution is 5.33. The molecule has 0 amide bonds. The molecule has 0 spiro atoms. The van der Waals surface area contributed by atoms with E-state index in [1.807, 2.05) is 25.2 Å². The molecule has 1 aliphatic heterocycles. The molecule has 1 aromatic carbocycles. The maximum atomic E-state index is 5.95. The zero-order valence-electron chi connectivity index (χ0n) is 12.6. The first-order valence-corrected chi connectivity index (χ1v) is 7.49.